The second kappa shape index (κ2) is 6.02. The van der Waals surface area contributed by atoms with Crippen LogP contribution in [0.1, 0.15) is 40.0 Å². The van der Waals surface area contributed by atoms with Crippen molar-refractivity contribution >= 4 is 17.8 Å². The molecule has 122 valence electrons. The fourth-order valence-corrected chi connectivity index (χ4v) is 3.78. The molecular weight excluding hydrogens is 296 g/mol. The van der Waals surface area contributed by atoms with Crippen LogP contribution < -0.4 is 5.73 Å². The summed E-state index contributed by atoms with van der Waals surface area (Å²) in [7, 11) is 1.39. The summed E-state index contributed by atoms with van der Waals surface area (Å²) in [6.45, 7) is 0.675. The lowest BCUT2D eigenvalue weighted by molar-refractivity contribution is -0.152. The topological polar surface area (TPSA) is 89.7 Å². The first-order chi connectivity index (χ1) is 11.0. The van der Waals surface area contributed by atoms with Crippen LogP contribution in [0, 0.1) is 11.8 Å². The average Bonchev–Trinajstić information content (AvgIpc) is 2.60. The molecule has 6 heteroatoms. The number of fused-ring (bicyclic) bond motifs is 3. The number of rotatable bonds is 3. The molecule has 1 aromatic carbocycles. The van der Waals surface area contributed by atoms with Gasteiger partial charge in [-0.15, -0.1) is 0 Å². The molecule has 2 amide bonds. The highest BCUT2D eigenvalue weighted by Gasteiger charge is 2.46. The van der Waals surface area contributed by atoms with E-state index in [1.807, 2.05) is 0 Å². The van der Waals surface area contributed by atoms with Gasteiger partial charge < -0.3 is 15.4 Å². The molecule has 3 aliphatic rings. The Morgan fingerprint density at radius 1 is 1.13 bits per heavy atom. The van der Waals surface area contributed by atoms with E-state index in [9.17, 15) is 14.4 Å². The molecule has 1 aromatic rings. The Bertz CT molecular complexity index is 640. The number of carbonyl (C=O) groups is 3. The Morgan fingerprint density at radius 3 is 2.35 bits per heavy atom. The van der Waals surface area contributed by atoms with Crippen LogP contribution in [0.3, 0.4) is 0 Å². The largest absolute Gasteiger partial charge is 0.469 e. The number of hydrogen-bond donors (Lipinski definition) is 1. The quantitative estimate of drug-likeness (QED) is 0.848. The monoisotopic (exact) mass is 316 g/mol. The van der Waals surface area contributed by atoms with Gasteiger partial charge in [0.2, 0.25) is 5.91 Å². The van der Waals surface area contributed by atoms with Crippen LogP contribution in [-0.2, 0) is 9.53 Å². The number of nitrogens with zero attached hydrogens (tertiary/aromatic N) is 1. The van der Waals surface area contributed by atoms with Crippen molar-refractivity contribution < 1.29 is 19.1 Å². The van der Waals surface area contributed by atoms with Gasteiger partial charge in [-0.2, -0.15) is 0 Å². The van der Waals surface area contributed by atoms with E-state index < -0.39 is 5.91 Å². The first-order valence-corrected chi connectivity index (χ1v) is 7.80. The van der Waals surface area contributed by atoms with E-state index in [0.29, 0.717) is 23.6 Å². The van der Waals surface area contributed by atoms with Gasteiger partial charge in [-0.1, -0.05) is 0 Å². The van der Waals surface area contributed by atoms with Gasteiger partial charge in [-0.05, 0) is 49.4 Å². The predicted octanol–water partition coefficient (Wildman–Crippen LogP) is 1.20. The van der Waals surface area contributed by atoms with Crippen molar-refractivity contribution in [3.63, 3.8) is 0 Å². The molecule has 0 spiro atoms. The van der Waals surface area contributed by atoms with Gasteiger partial charge in [0.25, 0.3) is 5.91 Å². The Kier molecular flexibility index (Phi) is 4.07. The van der Waals surface area contributed by atoms with Crippen molar-refractivity contribution in [1.82, 2.24) is 4.90 Å². The fraction of sp³-hybridized carbons (Fsp3) is 0.471. The molecule has 0 aromatic heterocycles. The number of carbonyl (C=O) groups excluding carboxylic acids is 3. The van der Waals surface area contributed by atoms with Gasteiger partial charge in [0.1, 0.15) is 0 Å². The number of primary amides is 1. The maximum atomic E-state index is 12.8. The van der Waals surface area contributed by atoms with E-state index in [2.05, 4.69) is 0 Å². The van der Waals surface area contributed by atoms with E-state index in [4.69, 9.17) is 10.5 Å². The summed E-state index contributed by atoms with van der Waals surface area (Å²) in [5.41, 5.74) is 6.09. The summed E-state index contributed by atoms with van der Waals surface area (Å²) in [6.07, 6.45) is 2.67. The minimum absolute atomic E-state index is 0.101. The molecule has 23 heavy (non-hydrogen) atoms. The third kappa shape index (κ3) is 2.81. The molecule has 1 saturated carbocycles. The fourth-order valence-electron chi connectivity index (χ4n) is 3.78. The molecule has 4 rings (SSSR count). The standard InChI is InChI=1S/C17H20N2O4/c1-23-17(22)13-8-10-2-7-14(13)19(9-10)16(21)12-5-3-11(4-6-12)15(18)20/h3-6,10,13-14H,2,7-9H2,1H3,(H2,18,20). The Labute approximate surface area is 134 Å². The number of ether oxygens (including phenoxy) is 1. The van der Waals surface area contributed by atoms with Crippen molar-refractivity contribution in [2.75, 3.05) is 13.7 Å². The highest BCUT2D eigenvalue weighted by Crippen LogP contribution is 2.40. The maximum absolute atomic E-state index is 12.8. The summed E-state index contributed by atoms with van der Waals surface area (Å²) < 4.78 is 4.89. The Balaban J connectivity index is 1.81. The second-order valence-corrected chi connectivity index (χ2v) is 6.28. The van der Waals surface area contributed by atoms with Crippen LogP contribution in [0.25, 0.3) is 0 Å². The number of methoxy groups -OCH3 is 1. The van der Waals surface area contributed by atoms with Gasteiger partial charge >= 0.3 is 5.97 Å². The normalized spacial score (nSPS) is 26.0. The minimum atomic E-state index is -0.521. The van der Waals surface area contributed by atoms with E-state index >= 15 is 0 Å². The van der Waals surface area contributed by atoms with E-state index in [1.54, 1.807) is 29.2 Å². The van der Waals surface area contributed by atoms with Crippen LogP contribution in [0.15, 0.2) is 24.3 Å². The molecule has 1 aliphatic carbocycles. The molecule has 2 aliphatic heterocycles. The van der Waals surface area contributed by atoms with Gasteiger partial charge in [-0.25, -0.2) is 0 Å². The lowest BCUT2D eigenvalue weighted by atomic mass is 9.72. The van der Waals surface area contributed by atoms with Crippen molar-refractivity contribution in [2.45, 2.75) is 25.3 Å². The van der Waals surface area contributed by atoms with Crippen LogP contribution >= 0.6 is 0 Å². The van der Waals surface area contributed by atoms with Gasteiger partial charge in [0, 0.05) is 23.7 Å². The first kappa shape index (κ1) is 15.5. The summed E-state index contributed by atoms with van der Waals surface area (Å²) in [5.74, 6) is -0.753. The highest BCUT2D eigenvalue weighted by molar-refractivity contribution is 5.97. The zero-order valence-electron chi connectivity index (χ0n) is 13.0. The molecule has 2 heterocycles. The van der Waals surface area contributed by atoms with Gasteiger partial charge in [0.15, 0.2) is 0 Å². The summed E-state index contributed by atoms with van der Waals surface area (Å²) in [5, 5.41) is 0. The van der Waals surface area contributed by atoms with Crippen molar-refractivity contribution in [2.24, 2.45) is 17.6 Å². The number of hydrogen-bond acceptors (Lipinski definition) is 4. The summed E-state index contributed by atoms with van der Waals surface area (Å²) in [4.78, 5) is 37.7. The molecule has 3 atom stereocenters. The average molecular weight is 316 g/mol. The number of nitrogens with two attached hydrogens (primary N) is 1. The van der Waals surface area contributed by atoms with E-state index in [0.717, 1.165) is 19.3 Å². The molecular formula is C17H20N2O4. The van der Waals surface area contributed by atoms with Crippen molar-refractivity contribution in [1.29, 1.82) is 0 Å². The lowest BCUT2D eigenvalue weighted by Crippen LogP contribution is -2.57. The molecule has 3 unspecified atom stereocenters. The number of benzene rings is 1. The van der Waals surface area contributed by atoms with Crippen LogP contribution in [0.5, 0.6) is 0 Å². The molecule has 2 N–H and O–H groups in total. The molecule has 2 bridgehead atoms. The third-order valence-electron chi connectivity index (χ3n) is 4.96. The van der Waals surface area contributed by atoms with Crippen molar-refractivity contribution in [3.8, 4) is 0 Å². The van der Waals surface area contributed by atoms with Crippen LogP contribution in [-0.4, -0.2) is 42.4 Å². The summed E-state index contributed by atoms with van der Waals surface area (Å²) >= 11 is 0. The third-order valence-corrected chi connectivity index (χ3v) is 4.96. The maximum Gasteiger partial charge on any atom is 0.310 e. The van der Waals surface area contributed by atoms with Crippen LogP contribution in [0.2, 0.25) is 0 Å². The minimum Gasteiger partial charge on any atom is -0.469 e. The van der Waals surface area contributed by atoms with Crippen LogP contribution in [0.4, 0.5) is 0 Å². The Morgan fingerprint density at radius 2 is 1.78 bits per heavy atom. The molecule has 6 nitrogen and oxygen atoms in total. The number of amides is 2. The predicted molar refractivity (Wildman–Crippen MR) is 82.6 cm³/mol. The molecule has 2 saturated heterocycles. The SMILES string of the molecule is COC(=O)C1CC2CCC1N(C(=O)c1ccc(C(N)=O)cc1)C2. The van der Waals surface area contributed by atoms with E-state index in [1.165, 1.54) is 7.11 Å². The smallest absolute Gasteiger partial charge is 0.310 e. The summed E-state index contributed by atoms with van der Waals surface area (Å²) in [6, 6.07) is 6.22. The zero-order valence-corrected chi connectivity index (χ0v) is 13.0. The molecule has 0 radical (unpaired) electrons. The van der Waals surface area contributed by atoms with E-state index in [-0.39, 0.29) is 23.8 Å². The lowest BCUT2D eigenvalue weighted by Gasteiger charge is -2.48. The highest BCUT2D eigenvalue weighted by atomic mass is 16.5. The van der Waals surface area contributed by atoms with Gasteiger partial charge in [0.05, 0.1) is 13.0 Å². The van der Waals surface area contributed by atoms with Crippen molar-refractivity contribution in [3.05, 3.63) is 35.4 Å². The van der Waals surface area contributed by atoms with Gasteiger partial charge in [-0.3, -0.25) is 14.4 Å². The number of esters is 1. The Hall–Kier alpha value is -2.37. The zero-order chi connectivity index (χ0) is 16.6. The number of piperidine rings is 2. The molecule has 3 fully saturated rings. The first-order valence-electron chi connectivity index (χ1n) is 7.80. The second-order valence-electron chi connectivity index (χ2n) is 6.28.